The first-order valence-electron chi connectivity index (χ1n) is 8.88. The van der Waals surface area contributed by atoms with Crippen LogP contribution in [0.2, 0.25) is 0 Å². The van der Waals surface area contributed by atoms with E-state index in [1.807, 2.05) is 66.7 Å². The lowest BCUT2D eigenvalue weighted by atomic mass is 10.2. The van der Waals surface area contributed by atoms with E-state index < -0.39 is 5.97 Å². The normalized spacial score (nSPS) is 16.6. The number of carbonyl (C=O) groups excluding carboxylic acids is 1. The summed E-state index contributed by atoms with van der Waals surface area (Å²) < 4.78 is 0. The number of aromatic carboxylic acids is 1. The first-order chi connectivity index (χ1) is 14.1. The van der Waals surface area contributed by atoms with Crippen molar-refractivity contribution >= 4 is 46.3 Å². The van der Waals surface area contributed by atoms with Gasteiger partial charge in [-0.15, -0.1) is 0 Å². The minimum Gasteiger partial charge on any atom is -0.478 e. The Hall–Kier alpha value is -3.64. The second kappa shape index (κ2) is 8.16. The molecule has 0 unspecified atom stereocenters. The summed E-state index contributed by atoms with van der Waals surface area (Å²) in [7, 11) is 0. The summed E-state index contributed by atoms with van der Waals surface area (Å²) in [4.78, 5) is 31.1. The number of anilines is 1. The number of carboxylic acids is 1. The summed E-state index contributed by atoms with van der Waals surface area (Å²) >= 11 is 1.27. The van der Waals surface area contributed by atoms with Crippen molar-refractivity contribution in [3.8, 4) is 0 Å². The molecule has 3 aromatic rings. The minimum atomic E-state index is -1.02. The quantitative estimate of drug-likeness (QED) is 0.612. The highest BCUT2D eigenvalue weighted by Crippen LogP contribution is 2.37. The van der Waals surface area contributed by atoms with E-state index in [1.54, 1.807) is 17.0 Å². The molecule has 1 aliphatic heterocycles. The van der Waals surface area contributed by atoms with Crippen molar-refractivity contribution in [1.82, 2.24) is 0 Å². The zero-order chi connectivity index (χ0) is 20.2. The molecule has 0 spiro atoms. The predicted molar refractivity (Wildman–Crippen MR) is 116 cm³/mol. The average Bonchev–Trinajstić information content (AvgIpc) is 3.04. The van der Waals surface area contributed by atoms with Gasteiger partial charge in [0, 0.05) is 0 Å². The first kappa shape index (κ1) is 18.7. The highest BCUT2D eigenvalue weighted by atomic mass is 32.2. The van der Waals surface area contributed by atoms with E-state index in [1.165, 1.54) is 23.9 Å². The maximum Gasteiger partial charge on any atom is 0.335 e. The molecule has 1 amide bonds. The molecule has 1 heterocycles. The van der Waals surface area contributed by atoms with Gasteiger partial charge in [-0.3, -0.25) is 9.69 Å². The molecule has 0 atom stereocenters. The number of carboxylic acid groups (broad SMARTS) is 1. The first-order valence-corrected chi connectivity index (χ1v) is 9.69. The number of amidine groups is 1. The fraction of sp³-hybridized carbons (Fsp3) is 0. The zero-order valence-electron chi connectivity index (χ0n) is 15.2. The van der Waals surface area contributed by atoms with Crippen molar-refractivity contribution in [2.45, 2.75) is 0 Å². The minimum absolute atomic E-state index is 0.146. The van der Waals surface area contributed by atoms with E-state index in [9.17, 15) is 14.7 Å². The molecule has 0 saturated carbocycles. The molecule has 4 rings (SSSR count). The van der Waals surface area contributed by atoms with E-state index in [0.717, 1.165) is 5.56 Å². The summed E-state index contributed by atoms with van der Waals surface area (Å²) in [5, 5.41) is 9.70. The van der Waals surface area contributed by atoms with Crippen LogP contribution in [0.5, 0.6) is 0 Å². The van der Waals surface area contributed by atoms with Crippen LogP contribution in [0, 0.1) is 0 Å². The number of hydrogen-bond acceptors (Lipinski definition) is 4. The van der Waals surface area contributed by atoms with E-state index in [2.05, 4.69) is 4.99 Å². The van der Waals surface area contributed by atoms with Crippen molar-refractivity contribution < 1.29 is 14.7 Å². The van der Waals surface area contributed by atoms with Crippen molar-refractivity contribution in [2.24, 2.45) is 4.99 Å². The summed E-state index contributed by atoms with van der Waals surface area (Å²) in [5.74, 6) is -1.19. The monoisotopic (exact) mass is 400 g/mol. The van der Waals surface area contributed by atoms with Gasteiger partial charge >= 0.3 is 5.97 Å². The molecule has 6 heteroatoms. The van der Waals surface area contributed by atoms with E-state index >= 15 is 0 Å². The second-order valence-electron chi connectivity index (χ2n) is 6.25. The Labute approximate surface area is 172 Å². The van der Waals surface area contributed by atoms with Crippen LogP contribution < -0.4 is 4.90 Å². The van der Waals surface area contributed by atoms with Gasteiger partial charge < -0.3 is 5.11 Å². The Kier molecular flexibility index (Phi) is 5.27. The number of nitrogens with zero attached hydrogens (tertiary/aromatic N) is 2. The largest absolute Gasteiger partial charge is 0.478 e. The third-order valence-electron chi connectivity index (χ3n) is 4.24. The number of aliphatic imine (C=N–C) groups is 1. The molecule has 1 saturated heterocycles. The highest BCUT2D eigenvalue weighted by molar-refractivity contribution is 8.19. The topological polar surface area (TPSA) is 70.0 Å². The van der Waals surface area contributed by atoms with Crippen molar-refractivity contribution in [1.29, 1.82) is 0 Å². The molecule has 0 aliphatic carbocycles. The van der Waals surface area contributed by atoms with E-state index in [4.69, 9.17) is 0 Å². The Morgan fingerprint density at radius 2 is 1.62 bits per heavy atom. The second-order valence-corrected chi connectivity index (χ2v) is 7.26. The molecule has 1 aliphatic rings. The summed E-state index contributed by atoms with van der Waals surface area (Å²) in [5.41, 5.74) is 2.25. The molecule has 142 valence electrons. The molecule has 1 N–H and O–H groups in total. The van der Waals surface area contributed by atoms with Gasteiger partial charge in [0.25, 0.3) is 5.91 Å². The molecule has 0 radical (unpaired) electrons. The van der Waals surface area contributed by atoms with Crippen molar-refractivity contribution in [2.75, 3.05) is 4.90 Å². The van der Waals surface area contributed by atoms with Crippen LogP contribution in [-0.4, -0.2) is 22.2 Å². The summed E-state index contributed by atoms with van der Waals surface area (Å²) in [6, 6.07) is 25.2. The zero-order valence-corrected chi connectivity index (χ0v) is 16.0. The van der Waals surface area contributed by atoms with Crippen molar-refractivity contribution in [3.05, 3.63) is 101 Å². The molecular formula is C23H16N2O3S. The molecule has 1 fully saturated rings. The van der Waals surface area contributed by atoms with Crippen LogP contribution in [-0.2, 0) is 4.79 Å². The fourth-order valence-corrected chi connectivity index (χ4v) is 3.87. The smallest absolute Gasteiger partial charge is 0.335 e. The predicted octanol–water partition coefficient (Wildman–Crippen LogP) is 5.19. The summed E-state index contributed by atoms with van der Waals surface area (Å²) in [6.45, 7) is 0. The van der Waals surface area contributed by atoms with Gasteiger partial charge in [-0.2, -0.15) is 0 Å². The van der Waals surface area contributed by atoms with Crippen LogP contribution in [0.25, 0.3) is 6.08 Å². The van der Waals surface area contributed by atoms with Crippen LogP contribution in [0.3, 0.4) is 0 Å². The number of hydrogen-bond donors (Lipinski definition) is 1. The van der Waals surface area contributed by atoms with E-state index in [0.29, 0.717) is 21.4 Å². The number of rotatable bonds is 4. The van der Waals surface area contributed by atoms with Gasteiger partial charge in [0.05, 0.1) is 21.8 Å². The Morgan fingerprint density at radius 1 is 0.931 bits per heavy atom. The maximum atomic E-state index is 13.1. The lowest BCUT2D eigenvalue weighted by molar-refractivity contribution is -0.113. The lowest BCUT2D eigenvalue weighted by Gasteiger charge is -2.15. The number of para-hydroxylation sites is 1. The molecule has 3 aromatic carbocycles. The number of benzene rings is 3. The standard InChI is InChI=1S/C23H16N2O3S/c26-21-20(14-16-8-3-1-4-9-16)29-23(25(21)19-12-5-2-6-13-19)24-18-11-7-10-17(15-18)22(27)28/h1-15H,(H,27,28)/b20-14-,24-23?. The maximum absolute atomic E-state index is 13.1. The third-order valence-corrected chi connectivity index (χ3v) is 5.20. The van der Waals surface area contributed by atoms with Gasteiger partial charge in [0.15, 0.2) is 5.17 Å². The SMILES string of the molecule is O=C(O)c1cccc(N=C2S/C(=C\c3ccccc3)C(=O)N2c2ccccc2)c1. The number of amides is 1. The van der Waals surface area contributed by atoms with Gasteiger partial charge in [-0.25, -0.2) is 9.79 Å². The number of carbonyl (C=O) groups is 2. The van der Waals surface area contributed by atoms with E-state index in [-0.39, 0.29) is 11.5 Å². The van der Waals surface area contributed by atoms with Crippen LogP contribution >= 0.6 is 11.8 Å². The third kappa shape index (κ3) is 4.12. The van der Waals surface area contributed by atoms with Gasteiger partial charge in [0.1, 0.15) is 0 Å². The lowest BCUT2D eigenvalue weighted by Crippen LogP contribution is -2.28. The summed E-state index contributed by atoms with van der Waals surface area (Å²) in [6.07, 6.45) is 1.83. The van der Waals surface area contributed by atoms with Crippen LogP contribution in [0.1, 0.15) is 15.9 Å². The van der Waals surface area contributed by atoms with Gasteiger partial charge in [0.2, 0.25) is 0 Å². The molecule has 0 bridgehead atoms. The van der Waals surface area contributed by atoms with Gasteiger partial charge in [-0.05, 0) is 53.7 Å². The molecule has 0 aromatic heterocycles. The molecule has 29 heavy (non-hydrogen) atoms. The molecule has 5 nitrogen and oxygen atoms in total. The van der Waals surface area contributed by atoms with Crippen molar-refractivity contribution in [3.63, 3.8) is 0 Å². The fourth-order valence-electron chi connectivity index (χ4n) is 2.87. The Balaban J connectivity index is 1.78. The Morgan fingerprint density at radius 3 is 2.31 bits per heavy atom. The van der Waals surface area contributed by atoms with Gasteiger partial charge in [-0.1, -0.05) is 54.6 Å². The average molecular weight is 400 g/mol. The molecular weight excluding hydrogens is 384 g/mol. The van der Waals surface area contributed by atoms with Crippen LogP contribution in [0.15, 0.2) is 94.8 Å². The highest BCUT2D eigenvalue weighted by Gasteiger charge is 2.34. The Bertz CT molecular complexity index is 1130. The number of thioether (sulfide) groups is 1. The van der Waals surface area contributed by atoms with Crippen LogP contribution in [0.4, 0.5) is 11.4 Å².